The smallest absolute Gasteiger partial charge is 0.327 e. The zero-order chi connectivity index (χ0) is 12.8. The molecule has 0 heterocycles. The Bertz CT molecular complexity index is 395. The highest BCUT2D eigenvalue weighted by molar-refractivity contribution is 9.10. The van der Waals surface area contributed by atoms with Crippen molar-refractivity contribution in [2.45, 2.75) is 13.0 Å². The highest BCUT2D eigenvalue weighted by Gasteiger charge is 2.23. The highest BCUT2D eigenvalue weighted by atomic mass is 79.9. The van der Waals surface area contributed by atoms with E-state index in [0.29, 0.717) is 12.4 Å². The monoisotopic (exact) mass is 301 g/mol. The summed E-state index contributed by atoms with van der Waals surface area (Å²) in [4.78, 5) is 11.8. The first kappa shape index (κ1) is 14.0. The van der Waals surface area contributed by atoms with Gasteiger partial charge in [-0.05, 0) is 32.2 Å². The molecular formula is C12H16BrNO3. The molecule has 5 heteroatoms. The number of halogens is 1. The molecule has 0 aliphatic heterocycles. The van der Waals surface area contributed by atoms with Crippen LogP contribution in [0.3, 0.4) is 0 Å². The first-order chi connectivity index (χ1) is 8.13. The maximum Gasteiger partial charge on any atom is 0.327 e. The molecule has 17 heavy (non-hydrogen) atoms. The van der Waals surface area contributed by atoms with Gasteiger partial charge in [-0.3, -0.25) is 0 Å². The number of likely N-dealkylation sites (N-methyl/N-ethyl adjacent to an activating group) is 1. The molecule has 0 fully saturated rings. The number of ether oxygens (including phenoxy) is 2. The zero-order valence-electron chi connectivity index (χ0n) is 10.1. The fourth-order valence-electron chi connectivity index (χ4n) is 1.56. The molecule has 0 amide bonds. The van der Waals surface area contributed by atoms with Gasteiger partial charge in [-0.15, -0.1) is 0 Å². The SMILES string of the molecule is CCOC(=O)C(NC)c1cc(Br)ccc1OC. The van der Waals surface area contributed by atoms with Gasteiger partial charge in [0.2, 0.25) is 0 Å². The third-order valence-electron chi connectivity index (χ3n) is 2.31. The summed E-state index contributed by atoms with van der Waals surface area (Å²) < 4.78 is 11.1. The first-order valence-electron chi connectivity index (χ1n) is 5.31. The normalized spacial score (nSPS) is 12.0. The number of hydrogen-bond donors (Lipinski definition) is 1. The number of carbonyl (C=O) groups excluding carboxylic acids is 1. The lowest BCUT2D eigenvalue weighted by atomic mass is 10.1. The van der Waals surface area contributed by atoms with Gasteiger partial charge >= 0.3 is 5.97 Å². The minimum atomic E-state index is -0.526. The van der Waals surface area contributed by atoms with Gasteiger partial charge in [-0.25, -0.2) is 4.79 Å². The van der Waals surface area contributed by atoms with Crippen LogP contribution >= 0.6 is 15.9 Å². The third-order valence-corrected chi connectivity index (χ3v) is 2.81. The van der Waals surface area contributed by atoms with Crippen LogP contribution in [0.2, 0.25) is 0 Å². The van der Waals surface area contributed by atoms with E-state index in [2.05, 4.69) is 21.2 Å². The predicted octanol–water partition coefficient (Wildman–Crippen LogP) is 2.28. The number of hydrogen-bond acceptors (Lipinski definition) is 4. The summed E-state index contributed by atoms with van der Waals surface area (Å²) in [6.45, 7) is 2.14. The van der Waals surface area contributed by atoms with Crippen LogP contribution in [0, 0.1) is 0 Å². The highest BCUT2D eigenvalue weighted by Crippen LogP contribution is 2.29. The summed E-state index contributed by atoms with van der Waals surface area (Å²) in [7, 11) is 3.28. The Morgan fingerprint density at radius 1 is 1.53 bits per heavy atom. The second kappa shape index (κ2) is 6.61. The molecule has 0 spiro atoms. The van der Waals surface area contributed by atoms with Gasteiger partial charge in [0.25, 0.3) is 0 Å². The van der Waals surface area contributed by atoms with Crippen molar-refractivity contribution in [3.05, 3.63) is 28.2 Å². The topological polar surface area (TPSA) is 47.6 Å². The number of benzene rings is 1. The van der Waals surface area contributed by atoms with Crippen LogP contribution in [0.5, 0.6) is 5.75 Å². The first-order valence-corrected chi connectivity index (χ1v) is 6.10. The Hall–Kier alpha value is -1.07. The van der Waals surface area contributed by atoms with Crippen molar-refractivity contribution < 1.29 is 14.3 Å². The molecule has 1 N–H and O–H groups in total. The van der Waals surface area contributed by atoms with E-state index in [1.807, 2.05) is 18.2 Å². The number of rotatable bonds is 5. The van der Waals surface area contributed by atoms with Crippen molar-refractivity contribution in [2.24, 2.45) is 0 Å². The van der Waals surface area contributed by atoms with Crippen molar-refractivity contribution in [1.29, 1.82) is 0 Å². The summed E-state index contributed by atoms with van der Waals surface area (Å²) in [5.74, 6) is 0.340. The molecule has 0 saturated heterocycles. The van der Waals surface area contributed by atoms with Crippen molar-refractivity contribution in [2.75, 3.05) is 20.8 Å². The Balaban J connectivity index is 3.09. The van der Waals surface area contributed by atoms with Gasteiger partial charge in [-0.2, -0.15) is 0 Å². The molecular weight excluding hydrogens is 286 g/mol. The van der Waals surface area contributed by atoms with Crippen LogP contribution in [0.15, 0.2) is 22.7 Å². The molecule has 94 valence electrons. The minimum absolute atomic E-state index is 0.314. The van der Waals surface area contributed by atoms with Gasteiger partial charge in [0.05, 0.1) is 13.7 Å². The number of esters is 1. The summed E-state index contributed by atoms with van der Waals surface area (Å²) in [6, 6.07) is 4.99. The van der Waals surface area contributed by atoms with Gasteiger partial charge in [0.1, 0.15) is 11.8 Å². The Morgan fingerprint density at radius 2 is 2.24 bits per heavy atom. The summed E-state index contributed by atoms with van der Waals surface area (Å²) in [5, 5.41) is 2.93. The van der Waals surface area contributed by atoms with Crippen LogP contribution in [0.4, 0.5) is 0 Å². The molecule has 0 bridgehead atoms. The van der Waals surface area contributed by atoms with E-state index in [0.717, 1.165) is 10.0 Å². The average Bonchev–Trinajstić information content (AvgIpc) is 2.31. The van der Waals surface area contributed by atoms with Crippen LogP contribution < -0.4 is 10.1 Å². The molecule has 1 atom stereocenters. The van der Waals surface area contributed by atoms with E-state index in [9.17, 15) is 4.79 Å². The van der Waals surface area contributed by atoms with Crippen molar-refractivity contribution >= 4 is 21.9 Å². The Kier molecular flexibility index (Phi) is 5.44. The van der Waals surface area contributed by atoms with Gasteiger partial charge in [-0.1, -0.05) is 15.9 Å². The van der Waals surface area contributed by atoms with E-state index < -0.39 is 6.04 Å². The predicted molar refractivity (Wildman–Crippen MR) is 69.1 cm³/mol. The lowest BCUT2D eigenvalue weighted by Crippen LogP contribution is -2.27. The molecule has 4 nitrogen and oxygen atoms in total. The van der Waals surface area contributed by atoms with Crippen molar-refractivity contribution in [3.8, 4) is 5.75 Å². The molecule has 0 saturated carbocycles. The molecule has 0 aliphatic carbocycles. The Labute approximate surface area is 109 Å². The van der Waals surface area contributed by atoms with E-state index in [1.54, 1.807) is 21.1 Å². The molecule has 1 unspecified atom stereocenters. The summed E-state index contributed by atoms with van der Waals surface area (Å²) >= 11 is 3.38. The van der Waals surface area contributed by atoms with Gasteiger partial charge < -0.3 is 14.8 Å². The summed E-state index contributed by atoms with van der Waals surface area (Å²) in [5.41, 5.74) is 0.753. The van der Waals surface area contributed by atoms with E-state index in [-0.39, 0.29) is 5.97 Å². The number of methoxy groups -OCH3 is 1. The van der Waals surface area contributed by atoms with Crippen LogP contribution in [-0.2, 0) is 9.53 Å². The summed E-state index contributed by atoms with van der Waals surface area (Å²) in [6.07, 6.45) is 0. The van der Waals surface area contributed by atoms with Gasteiger partial charge in [0.15, 0.2) is 0 Å². The molecule has 1 aromatic carbocycles. The molecule has 0 aromatic heterocycles. The van der Waals surface area contributed by atoms with E-state index in [4.69, 9.17) is 9.47 Å². The third kappa shape index (κ3) is 3.44. The van der Waals surface area contributed by atoms with E-state index in [1.165, 1.54) is 0 Å². The molecule has 1 rings (SSSR count). The molecule has 1 aromatic rings. The second-order valence-corrected chi connectivity index (χ2v) is 4.28. The lowest BCUT2D eigenvalue weighted by molar-refractivity contribution is -0.145. The standard InChI is InChI=1S/C12H16BrNO3/c1-4-17-12(15)11(14-2)9-7-8(13)5-6-10(9)16-3/h5-7,11,14H,4H2,1-3H3. The average molecular weight is 302 g/mol. The number of carbonyl (C=O) groups is 1. The fraction of sp³-hybridized carbons (Fsp3) is 0.417. The maximum atomic E-state index is 11.8. The van der Waals surface area contributed by atoms with Crippen LogP contribution in [0.25, 0.3) is 0 Å². The molecule has 0 radical (unpaired) electrons. The minimum Gasteiger partial charge on any atom is -0.496 e. The van der Waals surface area contributed by atoms with Crippen molar-refractivity contribution in [1.82, 2.24) is 5.32 Å². The van der Waals surface area contributed by atoms with Crippen LogP contribution in [0.1, 0.15) is 18.5 Å². The largest absolute Gasteiger partial charge is 0.496 e. The maximum absolute atomic E-state index is 11.8. The van der Waals surface area contributed by atoms with Crippen LogP contribution in [-0.4, -0.2) is 26.7 Å². The quantitative estimate of drug-likeness (QED) is 0.848. The fourth-order valence-corrected chi connectivity index (χ4v) is 1.94. The zero-order valence-corrected chi connectivity index (χ0v) is 11.7. The van der Waals surface area contributed by atoms with Crippen molar-refractivity contribution in [3.63, 3.8) is 0 Å². The van der Waals surface area contributed by atoms with E-state index >= 15 is 0 Å². The number of nitrogens with one attached hydrogen (secondary N) is 1. The van der Waals surface area contributed by atoms with Gasteiger partial charge in [0, 0.05) is 10.0 Å². The lowest BCUT2D eigenvalue weighted by Gasteiger charge is -2.18. The Morgan fingerprint density at radius 3 is 2.76 bits per heavy atom. The molecule has 0 aliphatic rings. The second-order valence-electron chi connectivity index (χ2n) is 3.36.